The van der Waals surface area contributed by atoms with Crippen LogP contribution in [0.15, 0.2) is 36.4 Å². The quantitative estimate of drug-likeness (QED) is 0.846. The number of benzene rings is 2. The second kappa shape index (κ2) is 6.20. The number of nitrogens with zero attached hydrogens (tertiary/aromatic N) is 1. The Kier molecular flexibility index (Phi) is 4.11. The second-order valence-corrected chi connectivity index (χ2v) is 8.28. The lowest BCUT2D eigenvalue weighted by atomic mass is 10.0. The summed E-state index contributed by atoms with van der Waals surface area (Å²) in [6.45, 7) is 5.62. The Balaban J connectivity index is 1.67. The zero-order valence-electron chi connectivity index (χ0n) is 15.0. The molecule has 2 aromatic carbocycles. The fourth-order valence-corrected chi connectivity index (χ4v) is 3.82. The van der Waals surface area contributed by atoms with Crippen LogP contribution in [-0.2, 0) is 11.3 Å². The highest BCUT2D eigenvalue weighted by Crippen LogP contribution is 2.52. The van der Waals surface area contributed by atoms with Gasteiger partial charge in [0.05, 0.1) is 6.54 Å². The van der Waals surface area contributed by atoms with Crippen LogP contribution in [0.5, 0.6) is 11.5 Å². The highest BCUT2D eigenvalue weighted by atomic mass is 35.5. The summed E-state index contributed by atoms with van der Waals surface area (Å²) >= 11 is 6.10. The molecule has 4 rings (SSSR count). The van der Waals surface area contributed by atoms with Gasteiger partial charge in [0.15, 0.2) is 11.5 Å². The molecule has 1 atom stereocenters. The summed E-state index contributed by atoms with van der Waals surface area (Å²) in [6.07, 6.45) is 0.934. The molecular weight excluding hydrogens is 350 g/mol. The summed E-state index contributed by atoms with van der Waals surface area (Å²) < 4.78 is 5.76. The van der Waals surface area contributed by atoms with Crippen LogP contribution in [0.3, 0.4) is 0 Å². The van der Waals surface area contributed by atoms with E-state index in [1.54, 1.807) is 6.07 Å². The smallest absolute Gasteiger partial charge is 0.226 e. The second-order valence-electron chi connectivity index (χ2n) is 7.85. The molecule has 1 saturated carbocycles. The van der Waals surface area contributed by atoms with Gasteiger partial charge >= 0.3 is 0 Å². The number of carbonyl (C=O) groups is 1. The van der Waals surface area contributed by atoms with Gasteiger partial charge in [-0.05, 0) is 47.2 Å². The largest absolute Gasteiger partial charge is 0.504 e. The summed E-state index contributed by atoms with van der Waals surface area (Å²) in [7, 11) is 0. The molecule has 1 fully saturated rings. The number of fused-ring (bicyclic) bond motifs is 1. The summed E-state index contributed by atoms with van der Waals surface area (Å²) in [4.78, 5) is 14.7. The Morgan fingerprint density at radius 1 is 1.27 bits per heavy atom. The lowest BCUT2D eigenvalue weighted by molar-refractivity contribution is -0.134. The van der Waals surface area contributed by atoms with Crippen LogP contribution in [-0.4, -0.2) is 29.1 Å². The number of halogens is 1. The molecule has 1 amide bonds. The first-order valence-corrected chi connectivity index (χ1v) is 9.26. The fourth-order valence-electron chi connectivity index (χ4n) is 3.63. The summed E-state index contributed by atoms with van der Waals surface area (Å²) in [5.74, 6) is 0.840. The Hall–Kier alpha value is -2.20. The molecule has 1 heterocycles. The molecule has 0 saturated heterocycles. The van der Waals surface area contributed by atoms with Crippen LogP contribution in [0, 0.1) is 11.3 Å². The van der Waals surface area contributed by atoms with E-state index < -0.39 is 0 Å². The first kappa shape index (κ1) is 17.2. The van der Waals surface area contributed by atoms with Crippen molar-refractivity contribution in [3.8, 4) is 22.6 Å². The van der Waals surface area contributed by atoms with Crippen molar-refractivity contribution in [2.45, 2.75) is 26.8 Å². The van der Waals surface area contributed by atoms with Gasteiger partial charge in [-0.2, -0.15) is 0 Å². The zero-order chi connectivity index (χ0) is 18.5. The van der Waals surface area contributed by atoms with Crippen molar-refractivity contribution in [1.29, 1.82) is 0 Å². The Morgan fingerprint density at radius 3 is 2.73 bits per heavy atom. The van der Waals surface area contributed by atoms with E-state index in [2.05, 4.69) is 13.8 Å². The van der Waals surface area contributed by atoms with E-state index in [9.17, 15) is 9.90 Å². The van der Waals surface area contributed by atoms with Crippen LogP contribution < -0.4 is 4.74 Å². The zero-order valence-corrected chi connectivity index (χ0v) is 15.7. The summed E-state index contributed by atoms with van der Waals surface area (Å²) in [5.41, 5.74) is 2.69. The van der Waals surface area contributed by atoms with Crippen LogP contribution >= 0.6 is 11.6 Å². The molecule has 136 valence electrons. The lowest BCUT2D eigenvalue weighted by Gasteiger charge is -2.21. The van der Waals surface area contributed by atoms with E-state index in [0.717, 1.165) is 23.1 Å². The molecule has 0 radical (unpaired) electrons. The number of phenolic OH excluding ortho intramolecular Hbond substituents is 1. The molecule has 0 aromatic heterocycles. The lowest BCUT2D eigenvalue weighted by Crippen LogP contribution is -2.34. The highest BCUT2D eigenvalue weighted by Gasteiger charge is 2.52. The predicted molar refractivity (Wildman–Crippen MR) is 101 cm³/mol. The normalized spacial score (nSPS) is 20.7. The topological polar surface area (TPSA) is 49.8 Å². The number of aromatic hydroxyl groups is 1. The molecule has 2 aliphatic rings. The molecule has 1 N–H and O–H groups in total. The number of rotatable bonds is 2. The number of amides is 1. The van der Waals surface area contributed by atoms with Crippen LogP contribution in [0.25, 0.3) is 11.1 Å². The standard InChI is InChI=1S/C21H22ClNO3/c1-21(2)11-17(21)20(25)23-6-7-26-19-15(12-23)8-14(10-18(19)24)13-4-3-5-16(22)9-13/h3-5,8-10,17,24H,6-7,11-12H2,1-2H3. The highest BCUT2D eigenvalue weighted by molar-refractivity contribution is 6.30. The third kappa shape index (κ3) is 3.14. The van der Waals surface area contributed by atoms with Crippen molar-refractivity contribution in [2.24, 2.45) is 11.3 Å². The van der Waals surface area contributed by atoms with Crippen molar-refractivity contribution in [3.05, 3.63) is 47.0 Å². The molecule has 1 aliphatic heterocycles. The maximum atomic E-state index is 12.8. The maximum absolute atomic E-state index is 12.8. The minimum absolute atomic E-state index is 0.0914. The van der Waals surface area contributed by atoms with Gasteiger partial charge in [0, 0.05) is 23.0 Å². The van der Waals surface area contributed by atoms with Gasteiger partial charge in [0.1, 0.15) is 6.61 Å². The Labute approximate surface area is 158 Å². The monoisotopic (exact) mass is 371 g/mol. The molecule has 0 spiro atoms. The van der Waals surface area contributed by atoms with Gasteiger partial charge in [-0.1, -0.05) is 37.6 Å². The maximum Gasteiger partial charge on any atom is 0.226 e. The van der Waals surface area contributed by atoms with E-state index in [1.165, 1.54) is 0 Å². The van der Waals surface area contributed by atoms with E-state index in [0.29, 0.717) is 30.5 Å². The Morgan fingerprint density at radius 2 is 2.04 bits per heavy atom. The molecule has 2 aromatic rings. The molecule has 0 bridgehead atoms. The Bertz CT molecular complexity index is 878. The van der Waals surface area contributed by atoms with Gasteiger partial charge in [0.2, 0.25) is 5.91 Å². The molecule has 26 heavy (non-hydrogen) atoms. The fraction of sp³-hybridized carbons (Fsp3) is 0.381. The summed E-state index contributed by atoms with van der Waals surface area (Å²) in [5, 5.41) is 11.1. The van der Waals surface area contributed by atoms with Gasteiger partial charge in [-0.15, -0.1) is 0 Å². The van der Waals surface area contributed by atoms with Crippen LogP contribution in [0.4, 0.5) is 0 Å². The van der Waals surface area contributed by atoms with Crippen LogP contribution in [0.2, 0.25) is 5.02 Å². The third-order valence-corrected chi connectivity index (χ3v) is 5.63. The van der Waals surface area contributed by atoms with Crippen molar-refractivity contribution in [1.82, 2.24) is 4.90 Å². The van der Waals surface area contributed by atoms with Gasteiger partial charge in [-0.25, -0.2) is 0 Å². The number of carbonyl (C=O) groups excluding carboxylic acids is 1. The summed E-state index contributed by atoms with van der Waals surface area (Å²) in [6, 6.07) is 11.2. The SMILES string of the molecule is CC1(C)CC1C(=O)N1CCOc2c(O)cc(-c3cccc(Cl)c3)cc2C1. The van der Waals surface area contributed by atoms with Crippen LogP contribution in [0.1, 0.15) is 25.8 Å². The average Bonchev–Trinajstić information content (AvgIpc) is 3.28. The molecule has 5 heteroatoms. The van der Waals surface area contributed by atoms with Gasteiger partial charge < -0.3 is 14.7 Å². The van der Waals surface area contributed by atoms with E-state index in [4.69, 9.17) is 16.3 Å². The molecule has 1 unspecified atom stereocenters. The average molecular weight is 372 g/mol. The number of phenols is 1. The number of hydrogen-bond donors (Lipinski definition) is 1. The van der Waals surface area contributed by atoms with Crippen molar-refractivity contribution < 1.29 is 14.6 Å². The van der Waals surface area contributed by atoms with Crippen molar-refractivity contribution >= 4 is 17.5 Å². The van der Waals surface area contributed by atoms with Gasteiger partial charge in [0.25, 0.3) is 0 Å². The predicted octanol–water partition coefficient (Wildman–Crippen LogP) is 4.48. The van der Waals surface area contributed by atoms with Gasteiger partial charge in [-0.3, -0.25) is 4.79 Å². The van der Waals surface area contributed by atoms with E-state index >= 15 is 0 Å². The molecule has 4 nitrogen and oxygen atoms in total. The van der Waals surface area contributed by atoms with Crippen molar-refractivity contribution in [2.75, 3.05) is 13.2 Å². The van der Waals surface area contributed by atoms with E-state index in [1.807, 2.05) is 35.2 Å². The molecular formula is C21H22ClNO3. The van der Waals surface area contributed by atoms with E-state index in [-0.39, 0.29) is 23.0 Å². The third-order valence-electron chi connectivity index (χ3n) is 5.40. The number of hydrogen-bond acceptors (Lipinski definition) is 3. The first-order valence-electron chi connectivity index (χ1n) is 8.88. The minimum Gasteiger partial charge on any atom is -0.504 e. The number of ether oxygens (including phenoxy) is 1. The van der Waals surface area contributed by atoms with Crippen molar-refractivity contribution in [3.63, 3.8) is 0 Å². The first-order chi connectivity index (χ1) is 12.3. The minimum atomic E-state index is 0.0914. The molecule has 1 aliphatic carbocycles.